The van der Waals surface area contributed by atoms with Gasteiger partial charge in [-0.3, -0.25) is 0 Å². The molecule has 48 valence electrons. The molecular weight excluding hydrogens is 112 g/mol. The molecule has 0 fully saturated rings. The molecule has 1 aliphatic heterocycles. The SMILES string of the molecule is CC1=C\C=COC/C=C\1. The molecule has 0 N–H and O–H groups in total. The average Bonchev–Trinajstić information content (AvgIpc) is 1.79. The summed E-state index contributed by atoms with van der Waals surface area (Å²) in [5, 5.41) is 0. The molecule has 0 spiro atoms. The molecule has 0 radical (unpaired) electrons. The first-order valence-electron chi connectivity index (χ1n) is 3.01. The number of ether oxygens (including phenoxy) is 1. The summed E-state index contributed by atoms with van der Waals surface area (Å²) in [5.74, 6) is 0. The van der Waals surface area contributed by atoms with Gasteiger partial charge in [-0.1, -0.05) is 17.7 Å². The number of hydrogen-bond acceptors (Lipinski definition) is 1. The predicted octanol–water partition coefficient (Wildman–Crippen LogP) is 2.03. The second-order valence-corrected chi connectivity index (χ2v) is 1.97. The van der Waals surface area contributed by atoms with Crippen LogP contribution in [0.25, 0.3) is 0 Å². The standard InChI is InChI=1S/C8H10O/c1-8-4-2-6-9-7-3-5-8/h2-6H,7H2,1H3/b5-3-,6-2?,8-4+. The summed E-state index contributed by atoms with van der Waals surface area (Å²) in [4.78, 5) is 0. The van der Waals surface area contributed by atoms with Crippen LogP contribution in [0.5, 0.6) is 0 Å². The summed E-state index contributed by atoms with van der Waals surface area (Å²) in [6.07, 6.45) is 9.65. The molecule has 0 atom stereocenters. The quantitative estimate of drug-likeness (QED) is 0.477. The van der Waals surface area contributed by atoms with Crippen molar-refractivity contribution in [1.82, 2.24) is 0 Å². The molecule has 0 aromatic carbocycles. The van der Waals surface area contributed by atoms with Crippen LogP contribution < -0.4 is 0 Å². The van der Waals surface area contributed by atoms with E-state index in [4.69, 9.17) is 4.74 Å². The van der Waals surface area contributed by atoms with E-state index >= 15 is 0 Å². The number of allylic oxidation sites excluding steroid dienone is 4. The van der Waals surface area contributed by atoms with Gasteiger partial charge in [0.25, 0.3) is 0 Å². The van der Waals surface area contributed by atoms with Crippen molar-refractivity contribution < 1.29 is 4.74 Å². The Morgan fingerprint density at radius 3 is 3.33 bits per heavy atom. The molecule has 0 saturated carbocycles. The van der Waals surface area contributed by atoms with Crippen LogP contribution in [-0.4, -0.2) is 6.61 Å². The van der Waals surface area contributed by atoms with Crippen LogP contribution >= 0.6 is 0 Å². The highest BCUT2D eigenvalue weighted by atomic mass is 16.5. The summed E-state index contributed by atoms with van der Waals surface area (Å²) < 4.78 is 5.01. The van der Waals surface area contributed by atoms with Crippen LogP contribution in [0.4, 0.5) is 0 Å². The Morgan fingerprint density at radius 1 is 1.56 bits per heavy atom. The van der Waals surface area contributed by atoms with Crippen LogP contribution in [0.2, 0.25) is 0 Å². The Balaban J connectivity index is 2.66. The summed E-state index contributed by atoms with van der Waals surface area (Å²) in [5.41, 5.74) is 1.26. The van der Waals surface area contributed by atoms with Gasteiger partial charge in [-0.05, 0) is 19.1 Å². The van der Waals surface area contributed by atoms with Crippen molar-refractivity contribution in [2.24, 2.45) is 0 Å². The minimum Gasteiger partial charge on any atom is -0.497 e. The lowest BCUT2D eigenvalue weighted by Gasteiger charge is -1.96. The van der Waals surface area contributed by atoms with E-state index in [-0.39, 0.29) is 0 Å². The van der Waals surface area contributed by atoms with Crippen LogP contribution in [0.15, 0.2) is 36.1 Å². The molecule has 0 aromatic rings. The van der Waals surface area contributed by atoms with E-state index in [0.29, 0.717) is 6.61 Å². The van der Waals surface area contributed by atoms with Gasteiger partial charge in [0.2, 0.25) is 0 Å². The van der Waals surface area contributed by atoms with Crippen LogP contribution in [-0.2, 0) is 4.74 Å². The van der Waals surface area contributed by atoms with Crippen LogP contribution in [0.1, 0.15) is 6.92 Å². The van der Waals surface area contributed by atoms with E-state index in [1.165, 1.54) is 5.57 Å². The Morgan fingerprint density at radius 2 is 2.44 bits per heavy atom. The summed E-state index contributed by atoms with van der Waals surface area (Å²) in [6.45, 7) is 2.74. The zero-order valence-corrected chi connectivity index (χ0v) is 5.50. The summed E-state index contributed by atoms with van der Waals surface area (Å²) in [7, 11) is 0. The van der Waals surface area contributed by atoms with Crippen LogP contribution in [0.3, 0.4) is 0 Å². The van der Waals surface area contributed by atoms with Crippen molar-refractivity contribution in [3.8, 4) is 0 Å². The first-order chi connectivity index (χ1) is 4.39. The maximum Gasteiger partial charge on any atom is 0.106 e. The maximum absolute atomic E-state index is 5.01. The van der Waals surface area contributed by atoms with E-state index < -0.39 is 0 Å². The highest BCUT2D eigenvalue weighted by Crippen LogP contribution is 1.98. The third-order valence-corrected chi connectivity index (χ3v) is 1.11. The molecule has 1 nitrogen and oxygen atoms in total. The molecule has 0 aromatic heterocycles. The fraction of sp³-hybridized carbons (Fsp3) is 0.250. The van der Waals surface area contributed by atoms with Crippen molar-refractivity contribution >= 4 is 0 Å². The Labute approximate surface area is 55.3 Å². The third-order valence-electron chi connectivity index (χ3n) is 1.11. The topological polar surface area (TPSA) is 9.23 Å². The lowest BCUT2D eigenvalue weighted by molar-refractivity contribution is 0.289. The zero-order valence-electron chi connectivity index (χ0n) is 5.50. The van der Waals surface area contributed by atoms with Crippen molar-refractivity contribution in [1.29, 1.82) is 0 Å². The Bertz CT molecular complexity index is 163. The highest BCUT2D eigenvalue weighted by molar-refractivity contribution is 5.21. The monoisotopic (exact) mass is 122 g/mol. The largest absolute Gasteiger partial charge is 0.497 e. The Hall–Kier alpha value is -0.980. The van der Waals surface area contributed by atoms with Gasteiger partial charge in [-0.25, -0.2) is 0 Å². The Kier molecular flexibility index (Phi) is 2.13. The molecule has 0 aliphatic carbocycles. The summed E-state index contributed by atoms with van der Waals surface area (Å²) in [6, 6.07) is 0. The van der Waals surface area contributed by atoms with E-state index in [9.17, 15) is 0 Å². The van der Waals surface area contributed by atoms with E-state index in [1.54, 1.807) is 6.26 Å². The first-order valence-corrected chi connectivity index (χ1v) is 3.01. The van der Waals surface area contributed by atoms with E-state index in [0.717, 1.165) is 0 Å². The first kappa shape index (κ1) is 6.14. The van der Waals surface area contributed by atoms with Gasteiger partial charge in [-0.15, -0.1) is 0 Å². The molecule has 1 aliphatic rings. The van der Waals surface area contributed by atoms with Crippen molar-refractivity contribution in [3.63, 3.8) is 0 Å². The minimum absolute atomic E-state index is 0.682. The molecule has 0 amide bonds. The van der Waals surface area contributed by atoms with Gasteiger partial charge in [-0.2, -0.15) is 0 Å². The predicted molar refractivity (Wildman–Crippen MR) is 38.0 cm³/mol. The van der Waals surface area contributed by atoms with Crippen molar-refractivity contribution in [2.75, 3.05) is 6.61 Å². The zero-order chi connectivity index (χ0) is 6.53. The van der Waals surface area contributed by atoms with Gasteiger partial charge in [0.1, 0.15) is 6.61 Å². The fourth-order valence-electron chi connectivity index (χ4n) is 0.647. The molecule has 0 bridgehead atoms. The lowest BCUT2D eigenvalue weighted by Crippen LogP contribution is -1.82. The summed E-state index contributed by atoms with van der Waals surface area (Å²) >= 11 is 0. The normalized spacial score (nSPS) is 27.0. The fourth-order valence-corrected chi connectivity index (χ4v) is 0.647. The van der Waals surface area contributed by atoms with Gasteiger partial charge < -0.3 is 4.74 Å². The lowest BCUT2D eigenvalue weighted by atomic mass is 10.2. The van der Waals surface area contributed by atoms with E-state index in [1.807, 2.05) is 24.3 Å². The highest BCUT2D eigenvalue weighted by Gasteiger charge is 1.81. The molecule has 1 rings (SSSR count). The maximum atomic E-state index is 5.01. The molecule has 0 unspecified atom stereocenters. The molecule has 0 saturated heterocycles. The third kappa shape index (κ3) is 2.17. The smallest absolute Gasteiger partial charge is 0.106 e. The second-order valence-electron chi connectivity index (χ2n) is 1.97. The average molecular weight is 122 g/mol. The molecule has 9 heavy (non-hydrogen) atoms. The van der Waals surface area contributed by atoms with Crippen molar-refractivity contribution in [2.45, 2.75) is 6.92 Å². The molecule has 1 heterocycles. The second kappa shape index (κ2) is 3.13. The van der Waals surface area contributed by atoms with E-state index in [2.05, 4.69) is 6.92 Å². The van der Waals surface area contributed by atoms with Gasteiger partial charge in [0.15, 0.2) is 0 Å². The molecular formula is C8H10O. The van der Waals surface area contributed by atoms with Crippen molar-refractivity contribution in [3.05, 3.63) is 36.1 Å². The van der Waals surface area contributed by atoms with Gasteiger partial charge >= 0.3 is 0 Å². The minimum atomic E-state index is 0.682. The van der Waals surface area contributed by atoms with Gasteiger partial charge in [0, 0.05) is 0 Å². The number of rotatable bonds is 0. The van der Waals surface area contributed by atoms with Gasteiger partial charge in [0.05, 0.1) is 6.26 Å². The number of hydrogen-bond donors (Lipinski definition) is 0. The molecule has 1 heteroatoms. The van der Waals surface area contributed by atoms with Crippen LogP contribution in [0, 0.1) is 0 Å².